The molecule has 4 aromatic rings. The molecule has 0 bridgehead atoms. The van der Waals surface area contributed by atoms with Gasteiger partial charge in [-0.25, -0.2) is 4.52 Å². The highest BCUT2D eigenvalue weighted by atomic mass is 79.9. The maximum absolute atomic E-state index is 13.1. The molecular weight excluding hydrogens is 412 g/mol. The third-order valence-electron chi connectivity index (χ3n) is 4.99. The molecule has 27 heavy (non-hydrogen) atoms. The standard InChI is InChI=1S/C17H15BrN8O/c1-10-13-4-6-25(17-19-22-23-20-17)15(13)5-7-24(10)16(27)14-8-12-3-2-11(18)9-26(12)21-14/h2-4,6,8-10H,5,7H2,1H3,(H,19,20,22,23). The van der Waals surface area contributed by atoms with Gasteiger partial charge in [0.15, 0.2) is 5.69 Å². The van der Waals surface area contributed by atoms with Crippen molar-refractivity contribution in [3.8, 4) is 5.95 Å². The number of carbonyl (C=O) groups is 1. The minimum atomic E-state index is -0.0692. The predicted octanol–water partition coefficient (Wildman–Crippen LogP) is 2.16. The molecule has 5 heterocycles. The molecule has 1 atom stereocenters. The van der Waals surface area contributed by atoms with Gasteiger partial charge < -0.3 is 4.90 Å². The summed E-state index contributed by atoms with van der Waals surface area (Å²) >= 11 is 3.43. The smallest absolute Gasteiger partial charge is 0.274 e. The number of hydrogen-bond donors (Lipinski definition) is 1. The number of nitrogens with zero attached hydrogens (tertiary/aromatic N) is 7. The number of carbonyl (C=O) groups excluding carboxylic acids is 1. The van der Waals surface area contributed by atoms with Crippen molar-refractivity contribution in [1.29, 1.82) is 0 Å². The lowest BCUT2D eigenvalue weighted by molar-refractivity contribution is 0.0670. The minimum absolute atomic E-state index is 0.0639. The summed E-state index contributed by atoms with van der Waals surface area (Å²) in [5.74, 6) is 0.439. The second-order valence-electron chi connectivity index (χ2n) is 6.47. The molecule has 136 valence electrons. The van der Waals surface area contributed by atoms with Crippen LogP contribution in [0.15, 0.2) is 41.1 Å². The van der Waals surface area contributed by atoms with Crippen molar-refractivity contribution in [2.45, 2.75) is 19.4 Å². The zero-order valence-electron chi connectivity index (χ0n) is 14.4. The van der Waals surface area contributed by atoms with Crippen molar-refractivity contribution in [2.75, 3.05) is 6.54 Å². The van der Waals surface area contributed by atoms with E-state index in [0.29, 0.717) is 24.6 Å². The fourth-order valence-electron chi connectivity index (χ4n) is 3.65. The second-order valence-corrected chi connectivity index (χ2v) is 7.39. The van der Waals surface area contributed by atoms with E-state index in [9.17, 15) is 4.79 Å². The SMILES string of the molecule is CC1c2ccn(-c3nn[nH]n3)c2CCN1C(=O)c1cc2ccc(Br)cn2n1. The highest BCUT2D eigenvalue weighted by molar-refractivity contribution is 9.10. The number of amides is 1. The summed E-state index contributed by atoms with van der Waals surface area (Å²) in [5.41, 5.74) is 3.52. The van der Waals surface area contributed by atoms with E-state index in [2.05, 4.69) is 41.7 Å². The molecule has 9 nitrogen and oxygen atoms in total. The molecule has 1 aliphatic heterocycles. The highest BCUT2D eigenvalue weighted by Gasteiger charge is 2.32. The van der Waals surface area contributed by atoms with Crippen molar-refractivity contribution in [3.05, 3.63) is 58.1 Å². The van der Waals surface area contributed by atoms with Crippen LogP contribution in [0.25, 0.3) is 11.5 Å². The van der Waals surface area contributed by atoms with E-state index in [-0.39, 0.29) is 11.9 Å². The van der Waals surface area contributed by atoms with Gasteiger partial charge >= 0.3 is 0 Å². The predicted molar refractivity (Wildman–Crippen MR) is 99.6 cm³/mol. The van der Waals surface area contributed by atoms with Crippen molar-refractivity contribution in [2.24, 2.45) is 0 Å². The maximum atomic E-state index is 13.1. The summed E-state index contributed by atoms with van der Waals surface area (Å²) in [4.78, 5) is 15.0. The van der Waals surface area contributed by atoms with E-state index in [1.807, 2.05) is 53.0 Å². The Bertz CT molecular complexity index is 1150. The second kappa shape index (κ2) is 6.02. The minimum Gasteiger partial charge on any atom is -0.330 e. The van der Waals surface area contributed by atoms with E-state index in [1.54, 1.807) is 4.52 Å². The highest BCUT2D eigenvalue weighted by Crippen LogP contribution is 2.32. The zero-order chi connectivity index (χ0) is 18.5. The van der Waals surface area contributed by atoms with Crippen LogP contribution in [0.3, 0.4) is 0 Å². The third kappa shape index (κ3) is 2.55. The largest absolute Gasteiger partial charge is 0.330 e. The number of aromatic nitrogens is 7. The van der Waals surface area contributed by atoms with Crippen LogP contribution < -0.4 is 0 Å². The fraction of sp³-hybridized carbons (Fsp3) is 0.235. The lowest BCUT2D eigenvalue weighted by atomic mass is 10.00. The average molecular weight is 427 g/mol. The number of tetrazole rings is 1. The van der Waals surface area contributed by atoms with Gasteiger partial charge in [0.25, 0.3) is 11.9 Å². The molecule has 1 N–H and O–H groups in total. The number of halogens is 1. The van der Waals surface area contributed by atoms with Gasteiger partial charge in [-0.2, -0.15) is 10.3 Å². The average Bonchev–Trinajstić information content (AvgIpc) is 3.39. The Morgan fingerprint density at radius 2 is 2.22 bits per heavy atom. The summed E-state index contributed by atoms with van der Waals surface area (Å²) in [7, 11) is 0. The van der Waals surface area contributed by atoms with Gasteiger partial charge in [-0.1, -0.05) is 5.10 Å². The van der Waals surface area contributed by atoms with E-state index in [1.165, 1.54) is 0 Å². The van der Waals surface area contributed by atoms with E-state index < -0.39 is 0 Å². The van der Waals surface area contributed by atoms with Crippen LogP contribution in [-0.2, 0) is 6.42 Å². The molecule has 4 aromatic heterocycles. The fourth-order valence-corrected chi connectivity index (χ4v) is 3.98. The van der Waals surface area contributed by atoms with Crippen molar-refractivity contribution < 1.29 is 4.79 Å². The van der Waals surface area contributed by atoms with Crippen LogP contribution in [0.2, 0.25) is 0 Å². The third-order valence-corrected chi connectivity index (χ3v) is 5.46. The Hall–Kier alpha value is -3.01. The number of aromatic amines is 1. The van der Waals surface area contributed by atoms with E-state index in [4.69, 9.17) is 0 Å². The van der Waals surface area contributed by atoms with Gasteiger partial charge in [-0.3, -0.25) is 9.36 Å². The Morgan fingerprint density at radius 3 is 3.04 bits per heavy atom. The van der Waals surface area contributed by atoms with Crippen molar-refractivity contribution >= 4 is 27.4 Å². The summed E-state index contributed by atoms with van der Waals surface area (Å²) in [6.07, 6.45) is 4.48. The molecule has 1 amide bonds. The number of rotatable bonds is 2. The molecule has 5 rings (SSSR count). The summed E-state index contributed by atoms with van der Waals surface area (Å²) in [6.45, 7) is 2.63. The molecule has 0 saturated heterocycles. The Kier molecular flexibility index (Phi) is 3.61. The van der Waals surface area contributed by atoms with Gasteiger partial charge in [0.1, 0.15) is 0 Å². The Labute approximate surface area is 162 Å². The quantitative estimate of drug-likeness (QED) is 0.529. The normalized spacial score (nSPS) is 16.7. The molecule has 0 radical (unpaired) electrons. The molecular formula is C17H15BrN8O. The summed E-state index contributed by atoms with van der Waals surface area (Å²) in [6, 6.07) is 7.63. The first-order valence-electron chi connectivity index (χ1n) is 8.51. The molecule has 0 aromatic carbocycles. The number of nitrogens with one attached hydrogen (secondary N) is 1. The summed E-state index contributed by atoms with van der Waals surface area (Å²) < 4.78 is 4.54. The van der Waals surface area contributed by atoms with E-state index in [0.717, 1.165) is 21.2 Å². The number of fused-ring (bicyclic) bond motifs is 2. The monoisotopic (exact) mass is 426 g/mol. The Morgan fingerprint density at radius 1 is 1.33 bits per heavy atom. The Balaban J connectivity index is 1.47. The molecule has 10 heteroatoms. The topological polar surface area (TPSA) is 97.0 Å². The zero-order valence-corrected chi connectivity index (χ0v) is 16.0. The molecule has 0 saturated carbocycles. The molecule has 0 aliphatic carbocycles. The van der Waals surface area contributed by atoms with Crippen molar-refractivity contribution in [1.82, 2.24) is 39.7 Å². The van der Waals surface area contributed by atoms with Gasteiger partial charge in [-0.05, 0) is 57.9 Å². The first-order chi connectivity index (χ1) is 13.1. The lowest BCUT2D eigenvalue weighted by Gasteiger charge is -2.33. The first-order valence-corrected chi connectivity index (χ1v) is 9.31. The molecule has 0 spiro atoms. The van der Waals surface area contributed by atoms with Gasteiger partial charge in [0.2, 0.25) is 0 Å². The van der Waals surface area contributed by atoms with Gasteiger partial charge in [0, 0.05) is 35.5 Å². The van der Waals surface area contributed by atoms with Gasteiger partial charge in [-0.15, -0.1) is 5.10 Å². The van der Waals surface area contributed by atoms with Crippen LogP contribution in [0.5, 0.6) is 0 Å². The van der Waals surface area contributed by atoms with Crippen LogP contribution in [0.4, 0.5) is 0 Å². The van der Waals surface area contributed by atoms with E-state index >= 15 is 0 Å². The first kappa shape index (κ1) is 16.2. The molecule has 0 fully saturated rings. The number of H-pyrrole nitrogens is 1. The lowest BCUT2D eigenvalue weighted by Crippen LogP contribution is -2.39. The number of hydrogen-bond acceptors (Lipinski definition) is 5. The molecule has 1 unspecified atom stereocenters. The van der Waals surface area contributed by atoms with Gasteiger partial charge in [0.05, 0.1) is 11.6 Å². The summed E-state index contributed by atoms with van der Waals surface area (Å²) in [5, 5.41) is 18.6. The molecule has 1 aliphatic rings. The van der Waals surface area contributed by atoms with Crippen molar-refractivity contribution in [3.63, 3.8) is 0 Å². The maximum Gasteiger partial charge on any atom is 0.274 e. The van der Waals surface area contributed by atoms with Crippen LogP contribution in [-0.4, -0.2) is 52.2 Å². The number of pyridine rings is 1. The van der Waals surface area contributed by atoms with Crippen LogP contribution in [0, 0.1) is 0 Å². The van der Waals surface area contributed by atoms with Crippen LogP contribution >= 0.6 is 15.9 Å². The van der Waals surface area contributed by atoms with Crippen LogP contribution in [0.1, 0.15) is 34.7 Å².